The lowest BCUT2D eigenvalue weighted by Gasteiger charge is -2.58. The third kappa shape index (κ3) is 5.80. The second-order valence-corrected chi connectivity index (χ2v) is 12.9. The van der Waals surface area contributed by atoms with Crippen LogP contribution < -0.4 is 18.9 Å². The number of methoxy groups -OCH3 is 4. The van der Waals surface area contributed by atoms with Crippen molar-refractivity contribution in [2.45, 2.75) is 57.2 Å². The molecule has 0 bridgehead atoms. The fourth-order valence-corrected chi connectivity index (χ4v) is 8.50. The highest BCUT2D eigenvalue weighted by molar-refractivity contribution is 5.73. The number of rotatable bonds is 9. The van der Waals surface area contributed by atoms with Crippen molar-refractivity contribution in [3.8, 4) is 23.0 Å². The van der Waals surface area contributed by atoms with Crippen LogP contribution in [0.2, 0.25) is 0 Å². The molecule has 1 aliphatic carbocycles. The maximum atomic E-state index is 14.4. The maximum Gasteiger partial charge on any atom is 0.410 e. The average Bonchev–Trinajstić information content (AvgIpc) is 3.12. The Balaban J connectivity index is 1.57. The van der Waals surface area contributed by atoms with E-state index in [4.69, 9.17) is 23.7 Å². The van der Waals surface area contributed by atoms with Gasteiger partial charge in [-0.05, 0) is 90.7 Å². The average molecular weight is 659 g/mol. The largest absolute Gasteiger partial charge is 0.493 e. The lowest BCUT2D eigenvalue weighted by Crippen LogP contribution is -2.62. The molecule has 3 aromatic carbocycles. The van der Waals surface area contributed by atoms with Crippen LogP contribution in [0.15, 0.2) is 54.6 Å². The molecule has 1 spiro atoms. The van der Waals surface area contributed by atoms with Gasteiger partial charge in [-0.3, -0.25) is 14.6 Å². The van der Waals surface area contributed by atoms with Crippen LogP contribution in [0.5, 0.6) is 23.0 Å². The fraction of sp³-hybridized carbons (Fsp3) is 0.474. The number of carbonyl (C=O) groups is 2. The number of nitrogens with zero attached hydrogens (tertiary/aromatic N) is 2. The number of carbonyl (C=O) groups excluding carboxylic acids is 1. The molecule has 2 aliphatic heterocycles. The third-order valence-corrected chi connectivity index (χ3v) is 10.8. The number of hydrogen-bond acceptors (Lipinski definition) is 8. The Morgan fingerprint density at radius 3 is 2.12 bits per heavy atom. The van der Waals surface area contributed by atoms with Gasteiger partial charge >= 0.3 is 12.1 Å². The zero-order valence-electron chi connectivity index (χ0n) is 28.5. The van der Waals surface area contributed by atoms with Gasteiger partial charge in [0.05, 0.1) is 39.9 Å². The van der Waals surface area contributed by atoms with Gasteiger partial charge in [-0.2, -0.15) is 0 Å². The van der Waals surface area contributed by atoms with Crippen LogP contribution in [0.25, 0.3) is 0 Å². The third-order valence-electron chi connectivity index (χ3n) is 10.8. The highest BCUT2D eigenvalue weighted by Gasteiger charge is 2.58. The number of carboxylic acids is 1. The summed E-state index contributed by atoms with van der Waals surface area (Å²) in [6.45, 7) is 4.22. The second kappa shape index (κ2) is 14.0. The molecular formula is C38H46N2O8. The summed E-state index contributed by atoms with van der Waals surface area (Å²) >= 11 is 0. The Morgan fingerprint density at radius 2 is 1.48 bits per heavy atom. The molecular weight excluding hydrogens is 612 g/mol. The smallest absolute Gasteiger partial charge is 0.410 e. The van der Waals surface area contributed by atoms with Crippen molar-refractivity contribution in [3.63, 3.8) is 0 Å². The van der Waals surface area contributed by atoms with E-state index >= 15 is 0 Å². The van der Waals surface area contributed by atoms with Gasteiger partial charge < -0.3 is 28.8 Å². The summed E-state index contributed by atoms with van der Waals surface area (Å²) in [6, 6.07) is 17.6. The lowest BCUT2D eigenvalue weighted by molar-refractivity contribution is -0.147. The lowest BCUT2D eigenvalue weighted by atomic mass is 9.58. The van der Waals surface area contributed by atoms with E-state index in [1.807, 2.05) is 53.4 Å². The van der Waals surface area contributed by atoms with E-state index in [0.717, 1.165) is 47.3 Å². The van der Waals surface area contributed by atoms with Gasteiger partial charge in [-0.25, -0.2) is 4.79 Å². The molecule has 48 heavy (non-hydrogen) atoms. The normalized spacial score (nSPS) is 23.5. The number of fused-ring (bicyclic) bond motifs is 3. The van der Waals surface area contributed by atoms with Gasteiger partial charge in [-0.1, -0.05) is 37.3 Å². The van der Waals surface area contributed by atoms with E-state index < -0.39 is 23.5 Å². The SMILES string of the molecule is CCN1CCc2cc(OC)c(OC)cc2C1[C@H]1C[C@H](C(=O)O)CC[C@]12c1cc(OC)c(OC)cc1CCN2C(=O)OCc1ccccc1. The Labute approximate surface area is 282 Å². The van der Waals surface area contributed by atoms with Gasteiger partial charge in [0.15, 0.2) is 23.0 Å². The molecule has 1 fully saturated rings. The van der Waals surface area contributed by atoms with Crippen molar-refractivity contribution in [2.24, 2.45) is 11.8 Å². The highest BCUT2D eigenvalue weighted by atomic mass is 16.6. The van der Waals surface area contributed by atoms with Crippen LogP contribution in [0.1, 0.15) is 60.0 Å². The summed E-state index contributed by atoms with van der Waals surface area (Å²) in [4.78, 5) is 31.5. The molecule has 0 saturated heterocycles. The number of likely N-dealkylation sites (N-methyl/N-ethyl adjacent to an activating group) is 1. The summed E-state index contributed by atoms with van der Waals surface area (Å²) in [7, 11) is 6.50. The Kier molecular flexibility index (Phi) is 9.73. The summed E-state index contributed by atoms with van der Waals surface area (Å²) in [6.07, 6.45) is 2.24. The van der Waals surface area contributed by atoms with Crippen molar-refractivity contribution in [1.82, 2.24) is 9.80 Å². The van der Waals surface area contributed by atoms with Crippen molar-refractivity contribution in [3.05, 3.63) is 82.4 Å². The molecule has 10 heteroatoms. The Bertz CT molecular complexity index is 1650. The monoisotopic (exact) mass is 658 g/mol. The highest BCUT2D eigenvalue weighted by Crippen LogP contribution is 2.59. The minimum absolute atomic E-state index is 0.137. The summed E-state index contributed by atoms with van der Waals surface area (Å²) < 4.78 is 29.1. The molecule has 2 heterocycles. The predicted octanol–water partition coefficient (Wildman–Crippen LogP) is 6.23. The van der Waals surface area contributed by atoms with Crippen LogP contribution in [0.3, 0.4) is 0 Å². The summed E-state index contributed by atoms with van der Waals surface area (Å²) in [5.74, 6) is 0.765. The number of aliphatic carboxylic acids is 1. The Hall–Kier alpha value is -4.44. The molecule has 1 unspecified atom stereocenters. The molecule has 10 nitrogen and oxygen atoms in total. The van der Waals surface area contributed by atoms with Gasteiger partial charge in [0.25, 0.3) is 0 Å². The molecule has 1 amide bonds. The molecule has 256 valence electrons. The first kappa shape index (κ1) is 33.5. The fourth-order valence-electron chi connectivity index (χ4n) is 8.50. The molecule has 1 saturated carbocycles. The first-order valence-electron chi connectivity index (χ1n) is 16.7. The first-order valence-corrected chi connectivity index (χ1v) is 16.7. The summed E-state index contributed by atoms with van der Waals surface area (Å²) in [5, 5.41) is 10.4. The van der Waals surface area contributed by atoms with Crippen molar-refractivity contribution in [2.75, 3.05) is 48.1 Å². The van der Waals surface area contributed by atoms with E-state index in [1.54, 1.807) is 28.4 Å². The minimum Gasteiger partial charge on any atom is -0.493 e. The van der Waals surface area contributed by atoms with Crippen molar-refractivity contribution in [1.29, 1.82) is 0 Å². The van der Waals surface area contributed by atoms with Crippen LogP contribution in [0, 0.1) is 11.8 Å². The van der Waals surface area contributed by atoms with Gasteiger partial charge in [0.1, 0.15) is 6.61 Å². The van der Waals surface area contributed by atoms with E-state index in [9.17, 15) is 14.7 Å². The maximum absolute atomic E-state index is 14.4. The van der Waals surface area contributed by atoms with Gasteiger partial charge in [0.2, 0.25) is 0 Å². The standard InChI is InChI=1S/C38H46N2O8/c1-6-39-16-13-25-19-31(44-2)33(46-4)21-28(25)35(39)30-18-27(36(41)42)12-15-38(30)29-22-34(47-5)32(45-3)20-26(29)14-17-40(38)37(43)48-23-24-10-8-7-9-11-24/h7-11,19-22,27,30,35H,6,12-18,23H2,1-5H3,(H,41,42)/t27-,30-,35?,38+/m1/s1. The molecule has 0 aromatic heterocycles. The Morgan fingerprint density at radius 1 is 0.854 bits per heavy atom. The van der Waals surface area contributed by atoms with Crippen LogP contribution >= 0.6 is 0 Å². The molecule has 3 aliphatic rings. The van der Waals surface area contributed by atoms with E-state index in [0.29, 0.717) is 55.2 Å². The summed E-state index contributed by atoms with van der Waals surface area (Å²) in [5.41, 5.74) is 4.23. The molecule has 4 atom stereocenters. The number of ether oxygens (including phenoxy) is 5. The zero-order valence-corrected chi connectivity index (χ0v) is 28.5. The van der Waals surface area contributed by atoms with E-state index in [1.165, 1.54) is 0 Å². The number of amides is 1. The topological polar surface area (TPSA) is 107 Å². The van der Waals surface area contributed by atoms with Crippen molar-refractivity contribution < 1.29 is 38.4 Å². The number of carboxylic acid groups (broad SMARTS) is 1. The van der Waals surface area contributed by atoms with Gasteiger partial charge in [-0.15, -0.1) is 0 Å². The quantitative estimate of drug-likeness (QED) is 0.286. The van der Waals surface area contributed by atoms with E-state index in [2.05, 4.69) is 17.9 Å². The van der Waals surface area contributed by atoms with E-state index in [-0.39, 0.29) is 18.6 Å². The van der Waals surface area contributed by atoms with Crippen molar-refractivity contribution >= 4 is 12.1 Å². The molecule has 0 radical (unpaired) electrons. The van der Waals surface area contributed by atoms with Gasteiger partial charge in [0, 0.05) is 25.0 Å². The number of benzene rings is 3. The second-order valence-electron chi connectivity index (χ2n) is 12.9. The molecule has 6 rings (SSSR count). The minimum atomic E-state index is -0.896. The molecule has 3 aromatic rings. The number of hydrogen-bond donors (Lipinski definition) is 1. The van der Waals surface area contributed by atoms with Crippen LogP contribution in [0.4, 0.5) is 4.79 Å². The predicted molar refractivity (Wildman–Crippen MR) is 180 cm³/mol. The first-order chi connectivity index (χ1) is 23.3. The van der Waals surface area contributed by atoms with Crippen LogP contribution in [-0.4, -0.2) is 75.0 Å². The molecule has 1 N–H and O–H groups in total. The zero-order chi connectivity index (χ0) is 34.0. The van der Waals surface area contributed by atoms with Crippen LogP contribution in [-0.2, 0) is 34.5 Å².